The summed E-state index contributed by atoms with van der Waals surface area (Å²) in [5, 5.41) is 0. The minimum Gasteiger partial charge on any atom is -0.461 e. The van der Waals surface area contributed by atoms with Gasteiger partial charge in [0.15, 0.2) is 0 Å². The number of benzene rings is 2. The summed E-state index contributed by atoms with van der Waals surface area (Å²) in [4.78, 5) is 25.3. The van der Waals surface area contributed by atoms with Gasteiger partial charge in [0.25, 0.3) is 0 Å². The molecule has 1 unspecified atom stereocenters. The Labute approximate surface area is 165 Å². The lowest BCUT2D eigenvalue weighted by molar-refractivity contribution is -0.153. The fourth-order valence-electron chi connectivity index (χ4n) is 4.27. The number of rotatable bonds is 6. The van der Waals surface area contributed by atoms with E-state index >= 15 is 0 Å². The number of carbonyl (C=O) groups excluding carboxylic acids is 2. The van der Waals surface area contributed by atoms with Crippen LogP contribution in [0.4, 0.5) is 0 Å². The van der Waals surface area contributed by atoms with Crippen molar-refractivity contribution in [3.05, 3.63) is 83.4 Å². The highest BCUT2D eigenvalue weighted by atomic mass is 16.6. The molecule has 4 heteroatoms. The van der Waals surface area contributed by atoms with Crippen molar-refractivity contribution >= 4 is 11.9 Å². The van der Waals surface area contributed by atoms with Gasteiger partial charge in [-0.2, -0.15) is 0 Å². The third-order valence-electron chi connectivity index (χ3n) is 5.65. The molecule has 1 heterocycles. The highest BCUT2D eigenvalue weighted by Crippen LogP contribution is 2.49. The number of esters is 2. The summed E-state index contributed by atoms with van der Waals surface area (Å²) in [5.74, 6) is -0.549. The molecule has 2 aromatic rings. The highest BCUT2D eigenvalue weighted by molar-refractivity contribution is 5.86. The zero-order chi connectivity index (χ0) is 19.4. The first-order valence-corrected chi connectivity index (χ1v) is 9.82. The Morgan fingerprint density at radius 2 is 1.71 bits per heavy atom. The molecule has 2 aliphatic rings. The Balaban J connectivity index is 1.46. The fraction of sp³-hybridized carbons (Fsp3) is 0.333. The molecular formula is C24H24O4. The van der Waals surface area contributed by atoms with E-state index in [-0.39, 0.29) is 25.0 Å². The monoisotopic (exact) mass is 376 g/mol. The van der Waals surface area contributed by atoms with Crippen LogP contribution in [-0.2, 0) is 32.1 Å². The lowest BCUT2D eigenvalue weighted by atomic mass is 9.68. The predicted octanol–water partition coefficient (Wildman–Crippen LogP) is 4.38. The van der Waals surface area contributed by atoms with Gasteiger partial charge in [-0.15, -0.1) is 0 Å². The van der Waals surface area contributed by atoms with E-state index in [2.05, 4.69) is 6.08 Å². The van der Waals surface area contributed by atoms with E-state index in [4.69, 9.17) is 9.47 Å². The topological polar surface area (TPSA) is 52.6 Å². The van der Waals surface area contributed by atoms with Crippen molar-refractivity contribution in [2.24, 2.45) is 5.41 Å². The normalized spacial score (nSPS) is 23.5. The van der Waals surface area contributed by atoms with Gasteiger partial charge in [0.1, 0.15) is 12.7 Å². The molecule has 4 nitrogen and oxygen atoms in total. The van der Waals surface area contributed by atoms with E-state index in [1.807, 2.05) is 60.7 Å². The van der Waals surface area contributed by atoms with Crippen molar-refractivity contribution in [2.75, 3.05) is 0 Å². The largest absolute Gasteiger partial charge is 0.461 e. The first kappa shape index (κ1) is 18.5. The van der Waals surface area contributed by atoms with Crippen LogP contribution in [0.25, 0.3) is 0 Å². The Morgan fingerprint density at radius 1 is 1.04 bits per heavy atom. The molecule has 28 heavy (non-hydrogen) atoms. The second kappa shape index (κ2) is 8.01. The molecule has 0 radical (unpaired) electrons. The average Bonchev–Trinajstić information content (AvgIpc) is 2.99. The first-order valence-electron chi connectivity index (χ1n) is 9.82. The number of hydrogen-bond acceptors (Lipinski definition) is 4. The number of allylic oxidation sites excluding steroid dienone is 1. The van der Waals surface area contributed by atoms with Gasteiger partial charge in [-0.3, -0.25) is 9.59 Å². The summed E-state index contributed by atoms with van der Waals surface area (Å²) in [6, 6.07) is 19.6. The molecule has 1 aliphatic heterocycles. The molecule has 1 aliphatic carbocycles. The van der Waals surface area contributed by atoms with Gasteiger partial charge in [-0.05, 0) is 42.4 Å². The van der Waals surface area contributed by atoms with Crippen LogP contribution in [0, 0.1) is 5.41 Å². The summed E-state index contributed by atoms with van der Waals surface area (Å²) in [6.07, 6.45) is 4.91. The summed E-state index contributed by atoms with van der Waals surface area (Å²) < 4.78 is 11.1. The van der Waals surface area contributed by atoms with E-state index in [9.17, 15) is 9.59 Å². The summed E-state index contributed by atoms with van der Waals surface area (Å²) in [5.41, 5.74) is 2.38. The Morgan fingerprint density at radius 3 is 2.43 bits per heavy atom. The molecule has 2 atom stereocenters. The molecule has 0 spiro atoms. The number of fused-ring (bicyclic) bond motifs is 1. The molecule has 0 saturated carbocycles. The van der Waals surface area contributed by atoms with Gasteiger partial charge in [0.05, 0.1) is 11.8 Å². The predicted molar refractivity (Wildman–Crippen MR) is 105 cm³/mol. The van der Waals surface area contributed by atoms with E-state index in [0.29, 0.717) is 6.42 Å². The second-order valence-corrected chi connectivity index (χ2v) is 7.54. The number of carbonyl (C=O) groups is 2. The van der Waals surface area contributed by atoms with Crippen molar-refractivity contribution in [2.45, 2.75) is 44.8 Å². The lowest BCUT2D eigenvalue weighted by Crippen LogP contribution is -2.33. The molecule has 1 saturated heterocycles. The Kier molecular flexibility index (Phi) is 5.29. The summed E-state index contributed by atoms with van der Waals surface area (Å²) in [7, 11) is 0. The van der Waals surface area contributed by atoms with E-state index in [1.165, 1.54) is 0 Å². The lowest BCUT2D eigenvalue weighted by Gasteiger charge is -2.30. The average molecular weight is 376 g/mol. The third kappa shape index (κ3) is 3.72. The second-order valence-electron chi connectivity index (χ2n) is 7.54. The van der Waals surface area contributed by atoms with Crippen LogP contribution in [0.15, 0.2) is 72.3 Å². The van der Waals surface area contributed by atoms with Crippen LogP contribution in [0.5, 0.6) is 0 Å². The molecule has 0 aromatic heterocycles. The van der Waals surface area contributed by atoms with E-state index in [1.54, 1.807) is 0 Å². The Hall–Kier alpha value is -2.88. The van der Waals surface area contributed by atoms with Gasteiger partial charge in [-0.25, -0.2) is 0 Å². The third-order valence-corrected chi connectivity index (χ3v) is 5.65. The minimum atomic E-state index is -0.635. The van der Waals surface area contributed by atoms with Crippen LogP contribution in [-0.4, -0.2) is 18.0 Å². The molecular weight excluding hydrogens is 352 g/mol. The zero-order valence-corrected chi connectivity index (χ0v) is 15.8. The molecule has 0 N–H and O–H groups in total. The molecule has 0 bridgehead atoms. The number of ether oxygens (including phenoxy) is 2. The standard InChI is InChI=1S/C24H24O4/c25-22(27-17-19-11-5-2-6-12-19)15-21-20-13-7-8-14-24(20,23(26)28-21)16-18-9-3-1-4-10-18/h1-6,9-13,21H,7-8,14-17H2/t21?,24-/m1/s1. The Bertz CT molecular complexity index is 872. The number of cyclic esters (lactones) is 1. The van der Waals surface area contributed by atoms with Crippen molar-refractivity contribution in [1.29, 1.82) is 0 Å². The quantitative estimate of drug-likeness (QED) is 0.554. The van der Waals surface area contributed by atoms with Crippen LogP contribution in [0.2, 0.25) is 0 Å². The molecule has 0 amide bonds. The van der Waals surface area contributed by atoms with Crippen molar-refractivity contribution in [1.82, 2.24) is 0 Å². The van der Waals surface area contributed by atoms with Crippen LogP contribution >= 0.6 is 0 Å². The first-order chi connectivity index (χ1) is 13.7. The van der Waals surface area contributed by atoms with Gasteiger partial charge in [-0.1, -0.05) is 66.7 Å². The van der Waals surface area contributed by atoms with Gasteiger partial charge in [0, 0.05) is 0 Å². The number of hydrogen-bond donors (Lipinski definition) is 0. The van der Waals surface area contributed by atoms with Crippen LogP contribution in [0.3, 0.4) is 0 Å². The van der Waals surface area contributed by atoms with Crippen molar-refractivity contribution < 1.29 is 19.1 Å². The van der Waals surface area contributed by atoms with Gasteiger partial charge in [0.2, 0.25) is 0 Å². The zero-order valence-electron chi connectivity index (χ0n) is 15.8. The molecule has 2 aromatic carbocycles. The van der Waals surface area contributed by atoms with E-state index < -0.39 is 11.5 Å². The maximum Gasteiger partial charge on any atom is 0.317 e. The van der Waals surface area contributed by atoms with Gasteiger partial charge >= 0.3 is 11.9 Å². The molecule has 144 valence electrons. The minimum absolute atomic E-state index is 0.0704. The fourth-order valence-corrected chi connectivity index (χ4v) is 4.27. The molecule has 4 rings (SSSR count). The SMILES string of the molecule is O=C(CC1OC(=O)[C@@]2(Cc3ccccc3)CCCC=C12)OCc1ccccc1. The van der Waals surface area contributed by atoms with Gasteiger partial charge < -0.3 is 9.47 Å². The van der Waals surface area contributed by atoms with Crippen molar-refractivity contribution in [3.8, 4) is 0 Å². The maximum absolute atomic E-state index is 12.9. The van der Waals surface area contributed by atoms with E-state index in [0.717, 1.165) is 36.0 Å². The van der Waals surface area contributed by atoms with Crippen LogP contribution < -0.4 is 0 Å². The molecule has 1 fully saturated rings. The maximum atomic E-state index is 12.9. The smallest absolute Gasteiger partial charge is 0.317 e. The summed E-state index contributed by atoms with van der Waals surface area (Å²) in [6.45, 7) is 0.231. The highest BCUT2D eigenvalue weighted by Gasteiger charge is 2.54. The summed E-state index contributed by atoms with van der Waals surface area (Å²) >= 11 is 0. The van der Waals surface area contributed by atoms with Crippen molar-refractivity contribution in [3.63, 3.8) is 0 Å². The van der Waals surface area contributed by atoms with Crippen LogP contribution in [0.1, 0.15) is 36.8 Å².